The average molecular weight is 424 g/mol. The largest absolute Gasteiger partial charge is 0.333 e. The summed E-state index contributed by atoms with van der Waals surface area (Å²) in [5.41, 5.74) is 3.79. The molecular weight excluding hydrogens is 398 g/mol. The van der Waals surface area contributed by atoms with Gasteiger partial charge >= 0.3 is 0 Å². The van der Waals surface area contributed by atoms with Crippen molar-refractivity contribution < 1.29 is 0 Å². The lowest BCUT2D eigenvalue weighted by Crippen LogP contribution is -2.05. The summed E-state index contributed by atoms with van der Waals surface area (Å²) >= 11 is 0. The molecule has 1 aromatic heterocycles. The van der Waals surface area contributed by atoms with Gasteiger partial charge in [-0.2, -0.15) is 0 Å². The van der Waals surface area contributed by atoms with Gasteiger partial charge in [0.15, 0.2) is 0 Å². The maximum absolute atomic E-state index is 4.20. The number of hydrogen-bond donors (Lipinski definition) is 0. The number of benzene rings is 5. The zero-order valence-electron chi connectivity index (χ0n) is 18.8. The predicted octanol–water partition coefficient (Wildman–Crippen LogP) is 9.26. The number of allylic oxidation sites excluding steroid dienone is 3. The summed E-state index contributed by atoms with van der Waals surface area (Å²) in [6, 6.07) is 23.4. The van der Waals surface area contributed by atoms with Crippen molar-refractivity contribution in [2.75, 3.05) is 0 Å². The highest BCUT2D eigenvalue weighted by atomic mass is 15.0. The molecule has 0 N–H and O–H groups in total. The Bertz CT molecular complexity index is 1780. The highest BCUT2D eigenvalue weighted by Crippen LogP contribution is 2.42. The fourth-order valence-electron chi connectivity index (χ4n) is 6.13. The van der Waals surface area contributed by atoms with E-state index in [1.165, 1.54) is 65.3 Å². The Labute approximate surface area is 193 Å². The van der Waals surface area contributed by atoms with Gasteiger partial charge in [-0.25, -0.2) is 0 Å². The van der Waals surface area contributed by atoms with Gasteiger partial charge in [-0.05, 0) is 87.1 Å². The van der Waals surface area contributed by atoms with Crippen LogP contribution in [0.2, 0.25) is 0 Å². The van der Waals surface area contributed by atoms with Gasteiger partial charge in [0.05, 0.1) is 11.6 Å². The summed E-state index contributed by atoms with van der Waals surface area (Å²) < 4.78 is 2.50. The van der Waals surface area contributed by atoms with E-state index in [0.717, 1.165) is 12.8 Å². The van der Waals surface area contributed by atoms with E-state index in [1.54, 1.807) is 0 Å². The van der Waals surface area contributed by atoms with Crippen molar-refractivity contribution >= 4 is 66.1 Å². The van der Waals surface area contributed by atoms with Crippen LogP contribution >= 0.6 is 0 Å². The Morgan fingerprint density at radius 2 is 1.67 bits per heavy atom. The molecule has 1 nitrogen and oxygen atoms in total. The first-order valence-corrected chi connectivity index (χ1v) is 11.9. The molecule has 6 aromatic rings. The van der Waals surface area contributed by atoms with Crippen LogP contribution in [0.4, 0.5) is 0 Å². The van der Waals surface area contributed by atoms with E-state index in [4.69, 9.17) is 0 Å². The van der Waals surface area contributed by atoms with Gasteiger partial charge in [-0.15, -0.1) is 0 Å². The van der Waals surface area contributed by atoms with Gasteiger partial charge in [0, 0.05) is 16.6 Å². The van der Waals surface area contributed by atoms with Gasteiger partial charge < -0.3 is 4.57 Å². The molecule has 7 rings (SSSR count). The van der Waals surface area contributed by atoms with E-state index in [0.29, 0.717) is 6.04 Å². The summed E-state index contributed by atoms with van der Waals surface area (Å²) in [4.78, 5) is 0. The van der Waals surface area contributed by atoms with E-state index in [-0.39, 0.29) is 0 Å². The van der Waals surface area contributed by atoms with Crippen LogP contribution in [0.15, 0.2) is 85.5 Å². The highest BCUT2D eigenvalue weighted by molar-refractivity contribution is 6.29. The maximum atomic E-state index is 4.20. The van der Waals surface area contributed by atoms with E-state index >= 15 is 0 Å². The monoisotopic (exact) mass is 423 g/mol. The van der Waals surface area contributed by atoms with E-state index in [1.807, 2.05) is 6.08 Å². The van der Waals surface area contributed by atoms with Gasteiger partial charge in [0.1, 0.15) is 0 Å². The smallest absolute Gasteiger partial charge is 0.0525 e. The minimum absolute atomic E-state index is 0.391. The number of rotatable bonds is 3. The molecule has 1 heteroatoms. The quantitative estimate of drug-likeness (QED) is 0.152. The molecule has 1 unspecified atom stereocenters. The van der Waals surface area contributed by atoms with Gasteiger partial charge in [0.2, 0.25) is 0 Å². The predicted molar refractivity (Wildman–Crippen MR) is 145 cm³/mol. The molecule has 0 bridgehead atoms. The summed E-state index contributed by atoms with van der Waals surface area (Å²) in [7, 11) is 0. The molecular formula is C32H25N. The second-order valence-electron chi connectivity index (χ2n) is 9.27. The van der Waals surface area contributed by atoms with Gasteiger partial charge in [0.25, 0.3) is 0 Å². The molecule has 1 aliphatic rings. The van der Waals surface area contributed by atoms with Crippen molar-refractivity contribution in [2.24, 2.45) is 0 Å². The number of nitrogens with zero attached hydrogens (tertiary/aromatic N) is 1. The summed E-state index contributed by atoms with van der Waals surface area (Å²) in [6.07, 6.45) is 13.4. The van der Waals surface area contributed by atoms with Crippen molar-refractivity contribution in [3.63, 3.8) is 0 Å². The molecule has 0 radical (unpaired) electrons. The van der Waals surface area contributed by atoms with Gasteiger partial charge in [-0.1, -0.05) is 73.3 Å². The Kier molecular flexibility index (Phi) is 3.87. The molecule has 158 valence electrons. The fourth-order valence-corrected chi connectivity index (χ4v) is 6.13. The molecule has 1 aliphatic carbocycles. The normalized spacial score (nSPS) is 16.6. The lowest BCUT2D eigenvalue weighted by Gasteiger charge is -2.16. The third-order valence-electron chi connectivity index (χ3n) is 7.51. The lowest BCUT2D eigenvalue weighted by molar-refractivity contribution is 0.606. The van der Waals surface area contributed by atoms with Crippen molar-refractivity contribution in [3.05, 3.63) is 96.7 Å². The van der Waals surface area contributed by atoms with Crippen molar-refractivity contribution in [1.82, 2.24) is 4.57 Å². The Balaban J connectivity index is 1.68. The third kappa shape index (κ3) is 2.48. The van der Waals surface area contributed by atoms with E-state index in [2.05, 4.69) is 103 Å². The van der Waals surface area contributed by atoms with Crippen LogP contribution in [0.3, 0.4) is 0 Å². The Morgan fingerprint density at radius 1 is 0.848 bits per heavy atom. The minimum Gasteiger partial charge on any atom is -0.333 e. The topological polar surface area (TPSA) is 4.93 Å². The molecule has 1 atom stereocenters. The van der Waals surface area contributed by atoms with Gasteiger partial charge in [-0.3, -0.25) is 0 Å². The van der Waals surface area contributed by atoms with Crippen LogP contribution in [0, 0.1) is 0 Å². The van der Waals surface area contributed by atoms with Crippen LogP contribution in [0.5, 0.6) is 0 Å². The fraction of sp³-hybridized carbons (Fsp3) is 0.125. The van der Waals surface area contributed by atoms with Crippen molar-refractivity contribution in [2.45, 2.75) is 25.8 Å². The van der Waals surface area contributed by atoms with E-state index < -0.39 is 0 Å². The second kappa shape index (κ2) is 6.83. The molecule has 0 amide bonds. The molecule has 0 fully saturated rings. The van der Waals surface area contributed by atoms with Crippen molar-refractivity contribution in [3.8, 4) is 0 Å². The molecule has 0 saturated heterocycles. The Morgan fingerprint density at radius 3 is 2.42 bits per heavy atom. The van der Waals surface area contributed by atoms with E-state index in [9.17, 15) is 0 Å². The average Bonchev–Trinajstić information content (AvgIpc) is 3.47. The van der Waals surface area contributed by atoms with Crippen LogP contribution in [-0.2, 0) is 0 Å². The van der Waals surface area contributed by atoms with Crippen LogP contribution < -0.4 is 0 Å². The molecule has 0 spiro atoms. The second-order valence-corrected chi connectivity index (χ2v) is 9.27. The number of hydrogen-bond acceptors (Lipinski definition) is 0. The standard InChI is InChI=1S/C32H25N/c1-3-8-25-28-19-27-23(18-30(28)33(29(25)4-2)24-11-5-6-12-24)17-22-14-13-20-9-7-10-21-15-16-26(27)32(22)31(20)21/h3-5,7-11,13-19,24H,2,6,12H2,1H3/b8-3-. The van der Waals surface area contributed by atoms with Crippen LogP contribution in [0.1, 0.15) is 37.1 Å². The Hall–Kier alpha value is -3.84. The molecule has 5 aromatic carbocycles. The molecule has 33 heavy (non-hydrogen) atoms. The lowest BCUT2D eigenvalue weighted by atomic mass is 9.90. The van der Waals surface area contributed by atoms with Crippen molar-refractivity contribution in [1.29, 1.82) is 0 Å². The summed E-state index contributed by atoms with van der Waals surface area (Å²) in [6.45, 7) is 6.30. The first kappa shape index (κ1) is 18.7. The zero-order chi connectivity index (χ0) is 22.1. The maximum Gasteiger partial charge on any atom is 0.0525 e. The summed E-state index contributed by atoms with van der Waals surface area (Å²) in [5, 5.41) is 12.0. The molecule has 1 heterocycles. The molecule has 0 aliphatic heterocycles. The highest BCUT2D eigenvalue weighted by Gasteiger charge is 2.22. The molecule has 0 saturated carbocycles. The first-order chi connectivity index (χ1) is 16.3. The zero-order valence-corrected chi connectivity index (χ0v) is 18.8. The SMILES string of the molecule is C=Cc1c(/C=C\C)c2cc3c(cc4ccc5cccc6ccc3c4c56)cc2n1C1C=CCC1. The minimum atomic E-state index is 0.391. The number of fused-ring (bicyclic) bond motifs is 3. The van der Waals surface area contributed by atoms with Crippen LogP contribution in [-0.4, -0.2) is 4.57 Å². The van der Waals surface area contributed by atoms with Crippen LogP contribution in [0.25, 0.3) is 66.1 Å². The number of aromatic nitrogens is 1. The third-order valence-corrected chi connectivity index (χ3v) is 7.51. The first-order valence-electron chi connectivity index (χ1n) is 11.9. The summed E-state index contributed by atoms with van der Waals surface area (Å²) in [5.74, 6) is 0.